The third kappa shape index (κ3) is 4.87. The van der Waals surface area contributed by atoms with Crippen LogP contribution in [0.25, 0.3) is 0 Å². The van der Waals surface area contributed by atoms with E-state index in [0.717, 1.165) is 61.5 Å². The van der Waals surface area contributed by atoms with E-state index in [2.05, 4.69) is 32.2 Å². The van der Waals surface area contributed by atoms with Crippen molar-refractivity contribution in [2.75, 3.05) is 38.3 Å². The fourth-order valence-corrected chi connectivity index (χ4v) is 4.61. The summed E-state index contributed by atoms with van der Waals surface area (Å²) in [6.45, 7) is 5.96. The number of para-hydroxylation sites is 1. The summed E-state index contributed by atoms with van der Waals surface area (Å²) in [5.74, 6) is 1.50. The van der Waals surface area contributed by atoms with Crippen LogP contribution in [0.2, 0.25) is 0 Å². The fourth-order valence-electron chi connectivity index (χ4n) is 3.80. The van der Waals surface area contributed by atoms with Gasteiger partial charge < -0.3 is 14.8 Å². The third-order valence-corrected chi connectivity index (χ3v) is 6.32. The second kappa shape index (κ2) is 9.05. The van der Waals surface area contributed by atoms with Crippen molar-refractivity contribution in [2.45, 2.75) is 13.1 Å². The average Bonchev–Trinajstić information content (AvgIpc) is 3.45. The minimum atomic E-state index is -0.165. The molecular formula is C23H24N4O3S. The van der Waals surface area contributed by atoms with E-state index >= 15 is 0 Å². The highest BCUT2D eigenvalue weighted by Gasteiger charge is 2.20. The number of thiazole rings is 1. The quantitative estimate of drug-likeness (QED) is 0.639. The lowest BCUT2D eigenvalue weighted by Crippen LogP contribution is -2.45. The van der Waals surface area contributed by atoms with Crippen LogP contribution in [0.15, 0.2) is 53.9 Å². The molecule has 3 heterocycles. The van der Waals surface area contributed by atoms with Gasteiger partial charge >= 0.3 is 0 Å². The molecule has 0 spiro atoms. The SMILES string of the molecule is O=C(Nc1ccccc1)c1csc(CN2CCN(Cc3ccc4c(c3)OCO4)CC2)n1. The van der Waals surface area contributed by atoms with Gasteiger partial charge in [0.15, 0.2) is 11.5 Å². The standard InChI is InChI=1S/C23H24N4O3S/c28-23(24-18-4-2-1-3-5-18)19-15-31-22(25-19)14-27-10-8-26(9-11-27)13-17-6-7-20-21(12-17)30-16-29-20/h1-7,12,15H,8-11,13-14,16H2,(H,24,28). The van der Waals surface area contributed by atoms with Gasteiger partial charge in [0.2, 0.25) is 6.79 Å². The van der Waals surface area contributed by atoms with Crippen molar-refractivity contribution in [1.82, 2.24) is 14.8 Å². The van der Waals surface area contributed by atoms with E-state index in [9.17, 15) is 4.79 Å². The largest absolute Gasteiger partial charge is 0.454 e. The average molecular weight is 437 g/mol. The van der Waals surface area contributed by atoms with E-state index in [0.29, 0.717) is 12.5 Å². The first-order valence-electron chi connectivity index (χ1n) is 10.4. The zero-order valence-electron chi connectivity index (χ0n) is 17.1. The van der Waals surface area contributed by atoms with E-state index < -0.39 is 0 Å². The molecular weight excluding hydrogens is 412 g/mol. The maximum atomic E-state index is 12.4. The van der Waals surface area contributed by atoms with Crippen LogP contribution in [-0.2, 0) is 13.1 Å². The third-order valence-electron chi connectivity index (χ3n) is 5.48. The maximum absolute atomic E-state index is 12.4. The second-order valence-corrected chi connectivity index (χ2v) is 8.63. The molecule has 1 aromatic heterocycles. The Balaban J connectivity index is 1.10. The van der Waals surface area contributed by atoms with Crippen molar-refractivity contribution in [3.63, 3.8) is 0 Å². The van der Waals surface area contributed by atoms with E-state index in [1.807, 2.05) is 41.8 Å². The summed E-state index contributed by atoms with van der Waals surface area (Å²) in [4.78, 5) is 21.8. The highest BCUT2D eigenvalue weighted by molar-refractivity contribution is 7.09. The summed E-state index contributed by atoms with van der Waals surface area (Å²) >= 11 is 1.54. The van der Waals surface area contributed by atoms with Gasteiger partial charge in [-0.2, -0.15) is 0 Å². The molecule has 160 valence electrons. The summed E-state index contributed by atoms with van der Waals surface area (Å²) < 4.78 is 10.9. The second-order valence-electron chi connectivity index (χ2n) is 7.69. The number of aromatic nitrogens is 1. The van der Waals surface area contributed by atoms with Gasteiger partial charge in [0.1, 0.15) is 10.7 Å². The van der Waals surface area contributed by atoms with Crippen LogP contribution in [0, 0.1) is 0 Å². The van der Waals surface area contributed by atoms with Crippen molar-refractivity contribution in [3.8, 4) is 11.5 Å². The molecule has 2 aliphatic rings. The molecule has 0 aliphatic carbocycles. The highest BCUT2D eigenvalue weighted by Crippen LogP contribution is 2.32. The van der Waals surface area contributed by atoms with Gasteiger partial charge in [0, 0.05) is 43.8 Å². The number of nitrogens with one attached hydrogen (secondary N) is 1. The van der Waals surface area contributed by atoms with Crippen LogP contribution in [0.5, 0.6) is 11.5 Å². The van der Waals surface area contributed by atoms with Gasteiger partial charge in [-0.25, -0.2) is 4.98 Å². The van der Waals surface area contributed by atoms with Gasteiger partial charge in [-0.1, -0.05) is 24.3 Å². The Bertz CT molecular complexity index is 1050. The number of carbonyl (C=O) groups is 1. The van der Waals surface area contributed by atoms with Gasteiger partial charge in [0.05, 0.1) is 6.54 Å². The topological polar surface area (TPSA) is 66.9 Å². The number of carbonyl (C=O) groups excluding carboxylic acids is 1. The number of amides is 1. The molecule has 2 aromatic carbocycles. The van der Waals surface area contributed by atoms with Crippen molar-refractivity contribution < 1.29 is 14.3 Å². The number of fused-ring (bicyclic) bond motifs is 1. The van der Waals surface area contributed by atoms with Crippen molar-refractivity contribution in [1.29, 1.82) is 0 Å². The van der Waals surface area contributed by atoms with Crippen LogP contribution in [0.3, 0.4) is 0 Å². The van der Waals surface area contributed by atoms with Gasteiger partial charge in [-0.05, 0) is 29.8 Å². The Kier molecular flexibility index (Phi) is 5.84. The Morgan fingerprint density at radius 3 is 2.52 bits per heavy atom. The zero-order chi connectivity index (χ0) is 21.0. The molecule has 1 N–H and O–H groups in total. The highest BCUT2D eigenvalue weighted by atomic mass is 32.1. The zero-order valence-corrected chi connectivity index (χ0v) is 17.9. The number of benzene rings is 2. The van der Waals surface area contributed by atoms with E-state index in [1.54, 1.807) is 11.3 Å². The first-order valence-corrected chi connectivity index (χ1v) is 11.2. The molecule has 0 unspecified atom stereocenters. The molecule has 1 amide bonds. The molecule has 7 nitrogen and oxygen atoms in total. The summed E-state index contributed by atoms with van der Waals surface area (Å²) in [6, 6.07) is 15.6. The number of piperazine rings is 1. The van der Waals surface area contributed by atoms with Crippen molar-refractivity contribution in [2.24, 2.45) is 0 Å². The lowest BCUT2D eigenvalue weighted by Gasteiger charge is -2.34. The molecule has 1 saturated heterocycles. The van der Waals surface area contributed by atoms with Crippen LogP contribution in [-0.4, -0.2) is 53.7 Å². The molecule has 31 heavy (non-hydrogen) atoms. The Morgan fingerprint density at radius 1 is 0.968 bits per heavy atom. The van der Waals surface area contributed by atoms with E-state index in [1.165, 1.54) is 5.56 Å². The summed E-state index contributed by atoms with van der Waals surface area (Å²) in [6.07, 6.45) is 0. The number of nitrogens with zero attached hydrogens (tertiary/aromatic N) is 3. The predicted octanol–water partition coefficient (Wildman–Crippen LogP) is 3.44. The molecule has 3 aromatic rings. The molecule has 1 fully saturated rings. The number of rotatable bonds is 6. The first-order chi connectivity index (χ1) is 15.2. The Labute approximate surface area is 185 Å². The Morgan fingerprint density at radius 2 is 1.71 bits per heavy atom. The molecule has 2 aliphatic heterocycles. The minimum absolute atomic E-state index is 0.165. The molecule has 5 rings (SSSR count). The fraction of sp³-hybridized carbons (Fsp3) is 0.304. The van der Waals surface area contributed by atoms with Crippen molar-refractivity contribution >= 4 is 22.9 Å². The lowest BCUT2D eigenvalue weighted by atomic mass is 10.1. The van der Waals surface area contributed by atoms with Crippen LogP contribution in [0.1, 0.15) is 21.1 Å². The Hall–Kier alpha value is -2.94. The molecule has 0 radical (unpaired) electrons. The van der Waals surface area contributed by atoms with E-state index in [-0.39, 0.29) is 5.91 Å². The summed E-state index contributed by atoms with van der Waals surface area (Å²) in [5.41, 5.74) is 2.50. The van der Waals surface area contributed by atoms with Crippen molar-refractivity contribution in [3.05, 3.63) is 70.2 Å². The monoisotopic (exact) mass is 436 g/mol. The van der Waals surface area contributed by atoms with Crippen LogP contribution in [0.4, 0.5) is 5.69 Å². The summed E-state index contributed by atoms with van der Waals surface area (Å²) in [7, 11) is 0. The molecule has 0 bridgehead atoms. The number of hydrogen-bond acceptors (Lipinski definition) is 7. The van der Waals surface area contributed by atoms with E-state index in [4.69, 9.17) is 9.47 Å². The smallest absolute Gasteiger partial charge is 0.275 e. The van der Waals surface area contributed by atoms with Crippen LogP contribution < -0.4 is 14.8 Å². The molecule has 8 heteroatoms. The normalized spacial score (nSPS) is 16.4. The minimum Gasteiger partial charge on any atom is -0.454 e. The molecule has 0 saturated carbocycles. The predicted molar refractivity (Wildman–Crippen MR) is 120 cm³/mol. The van der Waals surface area contributed by atoms with Gasteiger partial charge in [-0.15, -0.1) is 11.3 Å². The lowest BCUT2D eigenvalue weighted by molar-refractivity contribution is 0.102. The first kappa shape index (κ1) is 20.0. The van der Waals surface area contributed by atoms with Crippen LogP contribution >= 0.6 is 11.3 Å². The molecule has 0 atom stereocenters. The van der Waals surface area contributed by atoms with Gasteiger partial charge in [-0.3, -0.25) is 14.6 Å². The number of anilines is 1. The summed E-state index contributed by atoms with van der Waals surface area (Å²) in [5, 5.41) is 5.70. The van der Waals surface area contributed by atoms with Gasteiger partial charge in [0.25, 0.3) is 5.91 Å². The maximum Gasteiger partial charge on any atom is 0.275 e. The number of ether oxygens (including phenoxy) is 2. The number of hydrogen-bond donors (Lipinski definition) is 1.